The Morgan fingerprint density at radius 1 is 1.19 bits per heavy atom. The van der Waals surface area contributed by atoms with Crippen LogP contribution >= 0.6 is 0 Å². The van der Waals surface area contributed by atoms with Crippen LogP contribution in [0, 0.1) is 0 Å². The highest BCUT2D eigenvalue weighted by Gasteiger charge is 2.26. The highest BCUT2D eigenvalue weighted by atomic mass is 16.5. The number of ether oxygens (including phenoxy) is 1. The molecule has 27 heavy (non-hydrogen) atoms. The predicted octanol–water partition coefficient (Wildman–Crippen LogP) is 0.701. The lowest BCUT2D eigenvalue weighted by molar-refractivity contribution is -0.132. The summed E-state index contributed by atoms with van der Waals surface area (Å²) in [5.74, 6) is 1.38. The number of carbonyl (C=O) groups is 1. The Labute approximate surface area is 158 Å². The van der Waals surface area contributed by atoms with E-state index in [0.29, 0.717) is 13.0 Å². The van der Waals surface area contributed by atoms with Crippen LogP contribution in [0.2, 0.25) is 0 Å². The van der Waals surface area contributed by atoms with Crippen molar-refractivity contribution in [3.05, 3.63) is 30.7 Å². The molecule has 9 heteroatoms. The maximum atomic E-state index is 12.6. The van der Waals surface area contributed by atoms with Crippen LogP contribution in [0.3, 0.4) is 0 Å². The summed E-state index contributed by atoms with van der Waals surface area (Å²) in [6.07, 6.45) is 7.26. The van der Waals surface area contributed by atoms with E-state index in [9.17, 15) is 4.79 Å². The number of hydrogen-bond donors (Lipinski definition) is 0. The van der Waals surface area contributed by atoms with Gasteiger partial charge in [0.1, 0.15) is 24.8 Å². The Bertz CT molecular complexity index is 746. The van der Waals surface area contributed by atoms with Crippen molar-refractivity contribution in [1.29, 1.82) is 0 Å². The number of rotatable bonds is 5. The van der Waals surface area contributed by atoms with Crippen LogP contribution in [0.5, 0.6) is 0 Å². The van der Waals surface area contributed by atoms with Crippen LogP contribution < -0.4 is 4.90 Å². The predicted molar refractivity (Wildman–Crippen MR) is 98.3 cm³/mol. The fourth-order valence-corrected chi connectivity index (χ4v) is 3.71. The molecule has 2 aliphatic heterocycles. The van der Waals surface area contributed by atoms with E-state index in [1.165, 1.54) is 6.33 Å². The fourth-order valence-electron chi connectivity index (χ4n) is 3.71. The fraction of sp³-hybridized carbons (Fsp3) is 0.611. The normalized spacial score (nSPS) is 20.7. The lowest BCUT2D eigenvalue weighted by atomic mass is 9.94. The molecule has 0 radical (unpaired) electrons. The van der Waals surface area contributed by atoms with E-state index in [4.69, 9.17) is 4.74 Å². The number of aryl methyl sites for hydroxylation is 1. The maximum Gasteiger partial charge on any atom is 0.224 e. The van der Waals surface area contributed by atoms with Crippen molar-refractivity contribution in [1.82, 2.24) is 29.6 Å². The number of morpholine rings is 1. The Kier molecular flexibility index (Phi) is 5.57. The second-order valence-corrected chi connectivity index (χ2v) is 6.99. The van der Waals surface area contributed by atoms with Crippen molar-refractivity contribution in [2.75, 3.05) is 44.3 Å². The third kappa shape index (κ3) is 4.41. The summed E-state index contributed by atoms with van der Waals surface area (Å²) < 4.78 is 7.11. The van der Waals surface area contributed by atoms with Gasteiger partial charge in [-0.05, 0) is 12.8 Å². The molecule has 2 fully saturated rings. The van der Waals surface area contributed by atoms with Crippen LogP contribution in [0.4, 0.5) is 5.82 Å². The Morgan fingerprint density at radius 2 is 2.07 bits per heavy atom. The number of hydrogen-bond acceptors (Lipinski definition) is 7. The summed E-state index contributed by atoms with van der Waals surface area (Å²) in [5.41, 5.74) is 1.03. The van der Waals surface area contributed by atoms with Gasteiger partial charge in [0, 0.05) is 44.6 Å². The largest absolute Gasteiger partial charge is 0.378 e. The minimum Gasteiger partial charge on any atom is -0.378 e. The number of anilines is 1. The topological polar surface area (TPSA) is 89.3 Å². The van der Waals surface area contributed by atoms with Gasteiger partial charge in [-0.2, -0.15) is 5.10 Å². The van der Waals surface area contributed by atoms with Gasteiger partial charge in [-0.1, -0.05) is 0 Å². The van der Waals surface area contributed by atoms with Crippen molar-refractivity contribution in [2.45, 2.75) is 31.7 Å². The summed E-state index contributed by atoms with van der Waals surface area (Å²) in [7, 11) is 0. The van der Waals surface area contributed by atoms with Gasteiger partial charge in [0.25, 0.3) is 0 Å². The number of likely N-dealkylation sites (tertiary alicyclic amines) is 1. The van der Waals surface area contributed by atoms with E-state index in [1.807, 2.05) is 4.90 Å². The van der Waals surface area contributed by atoms with Gasteiger partial charge < -0.3 is 14.5 Å². The average molecular weight is 371 g/mol. The van der Waals surface area contributed by atoms with Crippen molar-refractivity contribution in [2.24, 2.45) is 0 Å². The van der Waals surface area contributed by atoms with E-state index in [2.05, 4.69) is 31.0 Å². The van der Waals surface area contributed by atoms with Crippen molar-refractivity contribution in [3.63, 3.8) is 0 Å². The Balaban J connectivity index is 1.38. The van der Waals surface area contributed by atoms with E-state index in [0.717, 1.165) is 63.7 Å². The van der Waals surface area contributed by atoms with Gasteiger partial charge >= 0.3 is 0 Å². The summed E-state index contributed by atoms with van der Waals surface area (Å²) in [6.45, 7) is 5.27. The molecule has 0 spiro atoms. The zero-order valence-corrected chi connectivity index (χ0v) is 15.4. The van der Waals surface area contributed by atoms with E-state index in [-0.39, 0.29) is 11.8 Å². The van der Waals surface area contributed by atoms with Gasteiger partial charge in [-0.25, -0.2) is 15.0 Å². The van der Waals surface area contributed by atoms with Gasteiger partial charge in [-0.15, -0.1) is 0 Å². The molecule has 144 valence electrons. The molecule has 4 heterocycles. The molecule has 1 amide bonds. The summed E-state index contributed by atoms with van der Waals surface area (Å²) in [4.78, 5) is 29.6. The number of piperidine rings is 1. The summed E-state index contributed by atoms with van der Waals surface area (Å²) >= 11 is 0. The van der Waals surface area contributed by atoms with E-state index < -0.39 is 0 Å². The monoisotopic (exact) mass is 371 g/mol. The number of carbonyl (C=O) groups excluding carboxylic acids is 1. The second kappa shape index (κ2) is 8.43. The van der Waals surface area contributed by atoms with Crippen LogP contribution in [0.25, 0.3) is 0 Å². The van der Waals surface area contributed by atoms with Crippen LogP contribution in [0.15, 0.2) is 25.0 Å². The minimum absolute atomic E-state index is 0.164. The van der Waals surface area contributed by atoms with Crippen molar-refractivity contribution in [3.8, 4) is 0 Å². The molecule has 9 nitrogen and oxygen atoms in total. The van der Waals surface area contributed by atoms with Gasteiger partial charge in [0.05, 0.1) is 25.5 Å². The number of nitrogens with zero attached hydrogens (tertiary/aromatic N) is 7. The summed E-state index contributed by atoms with van der Waals surface area (Å²) in [6, 6.07) is 2.08. The lowest BCUT2D eigenvalue weighted by Crippen LogP contribution is -2.40. The molecule has 1 unspecified atom stereocenters. The standard InChI is InChI=1S/C18H25N7O2/c26-18(3-5-25-14-19-12-22-25)24-4-1-2-15(11-24)16-10-17(21-13-20-16)23-6-8-27-9-7-23/h10,12-15H,1-9,11H2. The molecule has 2 saturated heterocycles. The Morgan fingerprint density at radius 3 is 2.89 bits per heavy atom. The molecule has 2 aromatic heterocycles. The molecule has 2 aromatic rings. The number of amides is 1. The van der Waals surface area contributed by atoms with Crippen LogP contribution in [-0.2, 0) is 16.1 Å². The smallest absolute Gasteiger partial charge is 0.224 e. The molecule has 0 aliphatic carbocycles. The molecule has 4 rings (SSSR count). The first-order valence-corrected chi connectivity index (χ1v) is 9.54. The maximum absolute atomic E-state index is 12.6. The Hall–Kier alpha value is -2.55. The molecule has 1 atom stereocenters. The zero-order valence-electron chi connectivity index (χ0n) is 15.4. The molecular formula is C18H25N7O2. The second-order valence-electron chi connectivity index (χ2n) is 6.99. The first-order valence-electron chi connectivity index (χ1n) is 9.54. The molecular weight excluding hydrogens is 346 g/mol. The van der Waals surface area contributed by atoms with E-state index >= 15 is 0 Å². The average Bonchev–Trinajstić information content (AvgIpc) is 3.26. The highest BCUT2D eigenvalue weighted by molar-refractivity contribution is 5.76. The molecule has 2 aliphatic rings. The first-order chi connectivity index (χ1) is 13.3. The van der Waals surface area contributed by atoms with Gasteiger partial charge in [0.15, 0.2) is 0 Å². The SMILES string of the molecule is O=C(CCn1cncn1)N1CCCC(c2cc(N3CCOCC3)ncn2)C1. The molecule has 0 bridgehead atoms. The molecule has 0 aromatic carbocycles. The molecule has 0 N–H and O–H groups in total. The number of aromatic nitrogens is 5. The quantitative estimate of drug-likeness (QED) is 0.764. The van der Waals surface area contributed by atoms with Crippen molar-refractivity contribution < 1.29 is 9.53 Å². The third-order valence-electron chi connectivity index (χ3n) is 5.22. The minimum atomic E-state index is 0.164. The zero-order chi connectivity index (χ0) is 18.5. The first kappa shape index (κ1) is 17.8. The van der Waals surface area contributed by atoms with Crippen LogP contribution in [-0.4, -0.2) is 74.9 Å². The third-order valence-corrected chi connectivity index (χ3v) is 5.22. The highest BCUT2D eigenvalue weighted by Crippen LogP contribution is 2.27. The van der Waals surface area contributed by atoms with E-state index in [1.54, 1.807) is 17.3 Å². The van der Waals surface area contributed by atoms with Crippen molar-refractivity contribution >= 4 is 11.7 Å². The summed E-state index contributed by atoms with van der Waals surface area (Å²) in [5, 5.41) is 4.05. The van der Waals surface area contributed by atoms with Gasteiger partial charge in [0.2, 0.25) is 5.91 Å². The van der Waals surface area contributed by atoms with Gasteiger partial charge in [-0.3, -0.25) is 9.48 Å². The van der Waals surface area contributed by atoms with Crippen LogP contribution in [0.1, 0.15) is 30.9 Å². The lowest BCUT2D eigenvalue weighted by Gasteiger charge is -2.33. The molecule has 0 saturated carbocycles.